The first-order chi connectivity index (χ1) is 9.02. The van der Waals surface area contributed by atoms with E-state index in [1.807, 2.05) is 13.8 Å². The van der Waals surface area contributed by atoms with Gasteiger partial charge in [0.2, 0.25) is 0 Å². The molecule has 0 atom stereocenters. The van der Waals surface area contributed by atoms with Gasteiger partial charge in [-0.3, -0.25) is 0 Å². The van der Waals surface area contributed by atoms with Crippen LogP contribution in [0, 0.1) is 6.92 Å². The van der Waals surface area contributed by atoms with Gasteiger partial charge in [0, 0.05) is 22.4 Å². The van der Waals surface area contributed by atoms with E-state index < -0.39 is 6.43 Å². The Hall–Kier alpha value is -1.55. The van der Waals surface area contributed by atoms with E-state index in [0.717, 1.165) is 17.7 Å². The van der Waals surface area contributed by atoms with Crippen molar-refractivity contribution in [3.63, 3.8) is 0 Å². The first-order valence-corrected chi connectivity index (χ1v) is 6.32. The van der Waals surface area contributed by atoms with Gasteiger partial charge < -0.3 is 0 Å². The highest BCUT2D eigenvalue weighted by molar-refractivity contribution is 6.30. The molecule has 2 rings (SSSR count). The Kier molecular flexibility index (Phi) is 4.10. The van der Waals surface area contributed by atoms with Crippen molar-refractivity contribution in [2.75, 3.05) is 0 Å². The van der Waals surface area contributed by atoms with Crippen LogP contribution in [0.15, 0.2) is 24.3 Å². The van der Waals surface area contributed by atoms with E-state index in [0.29, 0.717) is 16.5 Å². The molecule has 0 saturated carbocycles. The lowest BCUT2D eigenvalue weighted by Crippen LogP contribution is -2.00. The summed E-state index contributed by atoms with van der Waals surface area (Å²) in [6, 6.07) is 6.04. The summed E-state index contributed by atoms with van der Waals surface area (Å²) in [7, 11) is 0. The molecule has 19 heavy (non-hydrogen) atoms. The van der Waals surface area contributed by atoms with Crippen molar-refractivity contribution in [2.45, 2.75) is 26.7 Å². The van der Waals surface area contributed by atoms with Crippen LogP contribution >= 0.6 is 11.6 Å². The Labute approximate surface area is 115 Å². The summed E-state index contributed by atoms with van der Waals surface area (Å²) in [6.45, 7) is 3.81. The molecule has 0 bridgehead atoms. The predicted molar refractivity (Wildman–Crippen MR) is 71.6 cm³/mol. The van der Waals surface area contributed by atoms with Crippen LogP contribution in [0.4, 0.5) is 8.78 Å². The minimum Gasteiger partial charge on any atom is -0.233 e. The molecule has 100 valence electrons. The summed E-state index contributed by atoms with van der Waals surface area (Å²) >= 11 is 6.05. The minimum atomic E-state index is -2.51. The van der Waals surface area contributed by atoms with Crippen LogP contribution in [0.25, 0.3) is 11.4 Å². The van der Waals surface area contributed by atoms with Crippen LogP contribution in [0.1, 0.15) is 30.2 Å². The van der Waals surface area contributed by atoms with Crippen molar-refractivity contribution in [1.82, 2.24) is 9.97 Å². The molecule has 5 heteroatoms. The highest BCUT2D eigenvalue weighted by Crippen LogP contribution is 2.26. The average Bonchev–Trinajstić information content (AvgIpc) is 2.41. The van der Waals surface area contributed by atoms with Gasteiger partial charge in [-0.05, 0) is 19.4 Å². The van der Waals surface area contributed by atoms with Gasteiger partial charge in [-0.2, -0.15) is 0 Å². The van der Waals surface area contributed by atoms with Gasteiger partial charge in [0.25, 0.3) is 6.43 Å². The van der Waals surface area contributed by atoms with Crippen molar-refractivity contribution in [1.29, 1.82) is 0 Å². The van der Waals surface area contributed by atoms with Crippen LogP contribution in [0.3, 0.4) is 0 Å². The molecule has 0 N–H and O–H groups in total. The highest BCUT2D eigenvalue weighted by atomic mass is 35.5. The van der Waals surface area contributed by atoms with Crippen molar-refractivity contribution in [2.24, 2.45) is 0 Å². The maximum atomic E-state index is 12.7. The van der Waals surface area contributed by atoms with Gasteiger partial charge in [-0.25, -0.2) is 18.7 Å². The van der Waals surface area contributed by atoms with Crippen molar-refractivity contribution < 1.29 is 8.78 Å². The van der Waals surface area contributed by atoms with Crippen LogP contribution < -0.4 is 0 Å². The zero-order valence-corrected chi connectivity index (χ0v) is 11.4. The van der Waals surface area contributed by atoms with E-state index in [1.54, 1.807) is 12.1 Å². The molecule has 1 aromatic carbocycles. The molecule has 1 heterocycles. The summed E-state index contributed by atoms with van der Waals surface area (Å²) in [5.74, 6) is 0.384. The lowest BCUT2D eigenvalue weighted by atomic mass is 10.1. The second-order valence-corrected chi connectivity index (χ2v) is 4.55. The van der Waals surface area contributed by atoms with Gasteiger partial charge in [0.1, 0.15) is 5.15 Å². The zero-order chi connectivity index (χ0) is 14.0. The Morgan fingerprint density at radius 1 is 1.26 bits per heavy atom. The van der Waals surface area contributed by atoms with Crippen molar-refractivity contribution in [3.8, 4) is 11.4 Å². The Balaban J connectivity index is 2.53. The molecule has 1 aromatic heterocycles. The van der Waals surface area contributed by atoms with Crippen LogP contribution in [0.5, 0.6) is 0 Å². The zero-order valence-electron chi connectivity index (χ0n) is 10.6. The van der Waals surface area contributed by atoms with Crippen LogP contribution in [-0.4, -0.2) is 9.97 Å². The van der Waals surface area contributed by atoms with E-state index >= 15 is 0 Å². The van der Waals surface area contributed by atoms with Crippen LogP contribution in [0.2, 0.25) is 5.15 Å². The molecule has 0 amide bonds. The SMILES string of the molecule is CCc1nc(-c2cccc(C(F)F)c2)nc(Cl)c1C. The predicted octanol–water partition coefficient (Wildman–Crippen LogP) is 4.61. The summed E-state index contributed by atoms with van der Waals surface area (Å²) in [5.41, 5.74) is 2.17. The standard InChI is InChI=1S/C14H13ClF2N2/c1-3-11-8(2)12(15)19-14(18-11)10-6-4-5-9(7-10)13(16)17/h4-7,13H,3H2,1-2H3. The second-order valence-electron chi connectivity index (χ2n) is 4.19. The number of hydrogen-bond acceptors (Lipinski definition) is 2. The molecule has 0 aliphatic rings. The normalized spacial score (nSPS) is 11.1. The van der Waals surface area contributed by atoms with E-state index in [-0.39, 0.29) is 5.56 Å². The largest absolute Gasteiger partial charge is 0.263 e. The van der Waals surface area contributed by atoms with Crippen molar-refractivity contribution >= 4 is 11.6 Å². The molecule has 0 spiro atoms. The maximum absolute atomic E-state index is 12.7. The molecule has 2 aromatic rings. The van der Waals surface area contributed by atoms with Gasteiger partial charge >= 0.3 is 0 Å². The third-order valence-corrected chi connectivity index (χ3v) is 3.29. The number of hydrogen-bond donors (Lipinski definition) is 0. The van der Waals surface area contributed by atoms with Gasteiger partial charge in [-0.1, -0.05) is 36.7 Å². The number of alkyl halides is 2. The van der Waals surface area contributed by atoms with E-state index in [1.165, 1.54) is 12.1 Å². The van der Waals surface area contributed by atoms with Crippen molar-refractivity contribution in [3.05, 3.63) is 46.2 Å². The fraction of sp³-hybridized carbons (Fsp3) is 0.286. The topological polar surface area (TPSA) is 25.8 Å². The maximum Gasteiger partial charge on any atom is 0.263 e. The van der Waals surface area contributed by atoms with E-state index in [4.69, 9.17) is 11.6 Å². The molecular formula is C14H13ClF2N2. The Morgan fingerprint density at radius 3 is 2.63 bits per heavy atom. The summed E-state index contributed by atoms with van der Waals surface area (Å²) in [4.78, 5) is 8.54. The highest BCUT2D eigenvalue weighted by Gasteiger charge is 2.12. The summed E-state index contributed by atoms with van der Waals surface area (Å²) in [5, 5.41) is 0.365. The number of aromatic nitrogens is 2. The first kappa shape index (κ1) is 13.9. The average molecular weight is 283 g/mol. The molecule has 0 radical (unpaired) electrons. The number of benzene rings is 1. The van der Waals surface area contributed by atoms with Gasteiger partial charge in [0.15, 0.2) is 5.82 Å². The van der Waals surface area contributed by atoms with Crippen LogP contribution in [-0.2, 0) is 6.42 Å². The minimum absolute atomic E-state index is 0.0455. The second kappa shape index (κ2) is 5.61. The molecule has 0 aliphatic carbocycles. The Bertz CT molecular complexity index is 600. The Morgan fingerprint density at radius 2 is 2.00 bits per heavy atom. The summed E-state index contributed by atoms with van der Waals surface area (Å²) in [6.07, 6.45) is -1.79. The number of aryl methyl sites for hydroxylation is 1. The molecule has 0 aliphatic heterocycles. The lowest BCUT2D eigenvalue weighted by molar-refractivity contribution is 0.151. The molecular weight excluding hydrogens is 270 g/mol. The lowest BCUT2D eigenvalue weighted by Gasteiger charge is -2.08. The fourth-order valence-electron chi connectivity index (χ4n) is 1.82. The quantitative estimate of drug-likeness (QED) is 0.769. The fourth-order valence-corrected chi connectivity index (χ4v) is 2.01. The number of nitrogens with zero attached hydrogens (tertiary/aromatic N) is 2. The third kappa shape index (κ3) is 2.89. The smallest absolute Gasteiger partial charge is 0.233 e. The number of halogens is 3. The summed E-state index contributed by atoms with van der Waals surface area (Å²) < 4.78 is 25.4. The van der Waals surface area contributed by atoms with Gasteiger partial charge in [-0.15, -0.1) is 0 Å². The molecule has 0 unspecified atom stereocenters. The monoisotopic (exact) mass is 282 g/mol. The molecule has 0 fully saturated rings. The number of rotatable bonds is 3. The van der Waals surface area contributed by atoms with Gasteiger partial charge in [0.05, 0.1) is 0 Å². The van der Waals surface area contributed by atoms with E-state index in [2.05, 4.69) is 9.97 Å². The molecule has 0 saturated heterocycles. The molecule has 2 nitrogen and oxygen atoms in total. The first-order valence-electron chi connectivity index (χ1n) is 5.94. The third-order valence-electron chi connectivity index (χ3n) is 2.92. The van der Waals surface area contributed by atoms with E-state index in [9.17, 15) is 8.78 Å².